The van der Waals surface area contributed by atoms with Crippen LogP contribution in [-0.4, -0.2) is 21.3 Å². The molecule has 23 heavy (non-hydrogen) atoms. The number of hydrogen-bond acceptors (Lipinski definition) is 3. The van der Waals surface area contributed by atoms with Gasteiger partial charge in [0.15, 0.2) is 0 Å². The monoisotopic (exact) mass is 328 g/mol. The molecule has 4 heteroatoms. The van der Waals surface area contributed by atoms with Gasteiger partial charge in [-0.3, -0.25) is 4.18 Å². The molecule has 0 aromatic heterocycles. The predicted octanol–water partition coefficient (Wildman–Crippen LogP) is 3.69. The van der Waals surface area contributed by atoms with Crippen molar-refractivity contribution in [2.24, 2.45) is 0 Å². The van der Waals surface area contributed by atoms with Gasteiger partial charge >= 0.3 is 0 Å². The molecular formula is C19H20O3S. The molecule has 0 atom stereocenters. The third-order valence-electron chi connectivity index (χ3n) is 4.08. The van der Waals surface area contributed by atoms with E-state index in [-0.39, 0.29) is 6.61 Å². The van der Waals surface area contributed by atoms with Gasteiger partial charge in [-0.15, -0.1) is 0 Å². The molecule has 3 rings (SSSR count). The van der Waals surface area contributed by atoms with E-state index in [1.54, 1.807) is 0 Å². The molecule has 0 N–H and O–H groups in total. The van der Waals surface area contributed by atoms with Crippen LogP contribution < -0.4 is 0 Å². The Morgan fingerprint density at radius 3 is 2.39 bits per heavy atom. The summed E-state index contributed by atoms with van der Waals surface area (Å²) in [6, 6.07) is 16.7. The highest BCUT2D eigenvalue weighted by Gasteiger charge is 2.13. The molecule has 0 saturated carbocycles. The van der Waals surface area contributed by atoms with Crippen molar-refractivity contribution in [3.05, 3.63) is 70.8 Å². The summed E-state index contributed by atoms with van der Waals surface area (Å²) in [5.41, 5.74) is 6.14. The van der Waals surface area contributed by atoms with Gasteiger partial charge in [0.2, 0.25) is 0 Å². The second-order valence-electron chi connectivity index (χ2n) is 5.80. The van der Waals surface area contributed by atoms with Crippen LogP contribution in [0.5, 0.6) is 0 Å². The first-order chi connectivity index (χ1) is 11.0. The van der Waals surface area contributed by atoms with E-state index in [9.17, 15) is 8.42 Å². The van der Waals surface area contributed by atoms with Crippen LogP contribution in [0.3, 0.4) is 0 Å². The zero-order valence-electron chi connectivity index (χ0n) is 13.2. The first-order valence-electron chi connectivity index (χ1n) is 7.74. The molecule has 1 aliphatic carbocycles. The Balaban J connectivity index is 1.98. The van der Waals surface area contributed by atoms with Crippen molar-refractivity contribution in [3.63, 3.8) is 0 Å². The summed E-state index contributed by atoms with van der Waals surface area (Å²) in [7, 11) is -3.41. The Morgan fingerprint density at radius 2 is 1.61 bits per heavy atom. The summed E-state index contributed by atoms with van der Waals surface area (Å²) in [4.78, 5) is 0. The molecule has 2 aromatic rings. The smallest absolute Gasteiger partial charge is 0.264 e. The van der Waals surface area contributed by atoms with Gasteiger partial charge in [-0.05, 0) is 47.1 Å². The van der Waals surface area contributed by atoms with E-state index in [1.807, 2.05) is 12.1 Å². The maximum absolute atomic E-state index is 11.2. The number of rotatable bonds is 4. The van der Waals surface area contributed by atoms with Crippen LogP contribution in [0, 0.1) is 0 Å². The van der Waals surface area contributed by atoms with Crippen LogP contribution in [0.25, 0.3) is 11.6 Å². The van der Waals surface area contributed by atoms with Crippen LogP contribution in [-0.2, 0) is 27.1 Å². The molecular weight excluding hydrogens is 308 g/mol. The second-order valence-corrected chi connectivity index (χ2v) is 7.45. The molecule has 0 unspecified atom stereocenters. The van der Waals surface area contributed by atoms with Gasteiger partial charge < -0.3 is 0 Å². The van der Waals surface area contributed by atoms with E-state index >= 15 is 0 Å². The van der Waals surface area contributed by atoms with Gasteiger partial charge in [-0.25, -0.2) is 0 Å². The summed E-state index contributed by atoms with van der Waals surface area (Å²) in [6.07, 6.45) is 5.81. The Labute approximate surface area is 137 Å². The third kappa shape index (κ3) is 4.09. The van der Waals surface area contributed by atoms with E-state index < -0.39 is 10.1 Å². The highest BCUT2D eigenvalue weighted by Crippen LogP contribution is 2.30. The molecule has 0 spiro atoms. The van der Waals surface area contributed by atoms with Crippen molar-refractivity contribution in [1.29, 1.82) is 0 Å². The molecule has 0 fully saturated rings. The Bertz CT molecular complexity index is 835. The number of benzene rings is 2. The molecule has 0 heterocycles. The summed E-state index contributed by atoms with van der Waals surface area (Å²) < 4.78 is 27.3. The normalized spacial score (nSPS) is 16.5. The average Bonchev–Trinajstić information content (AvgIpc) is 2.50. The summed E-state index contributed by atoms with van der Waals surface area (Å²) in [5, 5.41) is 0. The number of fused-ring (bicyclic) bond motifs is 2. The molecule has 0 aliphatic heterocycles. The van der Waals surface area contributed by atoms with Crippen LogP contribution in [0.1, 0.15) is 28.7 Å². The van der Waals surface area contributed by atoms with Crippen molar-refractivity contribution in [2.75, 3.05) is 12.9 Å². The van der Waals surface area contributed by atoms with Crippen molar-refractivity contribution >= 4 is 21.8 Å². The van der Waals surface area contributed by atoms with E-state index in [4.69, 9.17) is 4.18 Å². The molecule has 3 nitrogen and oxygen atoms in total. The molecule has 120 valence electrons. The lowest BCUT2D eigenvalue weighted by atomic mass is 9.88. The maximum atomic E-state index is 11.2. The van der Waals surface area contributed by atoms with Crippen molar-refractivity contribution < 1.29 is 12.6 Å². The average molecular weight is 328 g/mol. The minimum atomic E-state index is -3.41. The van der Waals surface area contributed by atoms with E-state index in [0.717, 1.165) is 24.7 Å². The van der Waals surface area contributed by atoms with Crippen molar-refractivity contribution in [3.8, 4) is 0 Å². The fraction of sp³-hybridized carbons (Fsp3) is 0.263. The zero-order valence-corrected chi connectivity index (χ0v) is 14.0. The lowest BCUT2D eigenvalue weighted by Gasteiger charge is -2.18. The highest BCUT2D eigenvalue weighted by atomic mass is 32.2. The fourth-order valence-corrected chi connectivity index (χ4v) is 3.38. The Hall–Kier alpha value is -1.91. The van der Waals surface area contributed by atoms with Crippen molar-refractivity contribution in [1.82, 2.24) is 0 Å². The lowest BCUT2D eigenvalue weighted by Crippen LogP contribution is -2.07. The standard InChI is InChI=1S/C19H20O3S/c1-23(20,21)22-13-12-18-14-17-8-3-2-6-15(17)10-11-16-7-4-5-9-19(16)18/h2-9,14H,10-13H2,1H3/b18-14-. The van der Waals surface area contributed by atoms with Crippen molar-refractivity contribution in [2.45, 2.75) is 19.3 Å². The maximum Gasteiger partial charge on any atom is 0.264 e. The van der Waals surface area contributed by atoms with Crippen LogP contribution in [0.2, 0.25) is 0 Å². The van der Waals surface area contributed by atoms with Gasteiger partial charge in [0.25, 0.3) is 10.1 Å². The molecule has 0 radical (unpaired) electrons. The van der Waals surface area contributed by atoms with E-state index in [2.05, 4.69) is 42.5 Å². The largest absolute Gasteiger partial charge is 0.270 e. The van der Waals surface area contributed by atoms with Crippen LogP contribution >= 0.6 is 0 Å². The predicted molar refractivity (Wildman–Crippen MR) is 93.6 cm³/mol. The zero-order chi connectivity index (χ0) is 16.3. The van der Waals surface area contributed by atoms with Gasteiger partial charge in [0.1, 0.15) is 0 Å². The minimum Gasteiger partial charge on any atom is -0.270 e. The van der Waals surface area contributed by atoms with Crippen LogP contribution in [0.4, 0.5) is 0 Å². The first-order valence-corrected chi connectivity index (χ1v) is 9.56. The van der Waals surface area contributed by atoms with Gasteiger partial charge in [0.05, 0.1) is 12.9 Å². The van der Waals surface area contributed by atoms with E-state index in [0.29, 0.717) is 6.42 Å². The number of hydrogen-bond donors (Lipinski definition) is 0. The highest BCUT2D eigenvalue weighted by molar-refractivity contribution is 7.85. The summed E-state index contributed by atoms with van der Waals surface area (Å²) in [5.74, 6) is 0. The quantitative estimate of drug-likeness (QED) is 0.804. The molecule has 1 aliphatic rings. The molecule has 0 amide bonds. The molecule has 0 bridgehead atoms. The third-order valence-corrected chi connectivity index (χ3v) is 4.68. The molecule has 2 aromatic carbocycles. The van der Waals surface area contributed by atoms with E-state index in [1.165, 1.54) is 22.3 Å². The topological polar surface area (TPSA) is 43.4 Å². The Morgan fingerprint density at radius 1 is 0.957 bits per heavy atom. The van der Waals surface area contributed by atoms with Gasteiger partial charge in [0, 0.05) is 0 Å². The lowest BCUT2D eigenvalue weighted by molar-refractivity contribution is 0.330. The Kier molecular flexibility index (Phi) is 4.64. The molecule has 0 saturated heterocycles. The minimum absolute atomic E-state index is 0.168. The summed E-state index contributed by atoms with van der Waals surface area (Å²) in [6.45, 7) is 0.168. The summed E-state index contributed by atoms with van der Waals surface area (Å²) >= 11 is 0. The SMILES string of the molecule is CS(=O)(=O)OCC/C1=C/c2ccccc2CCc2ccccc21. The fourth-order valence-electron chi connectivity index (χ4n) is 3.00. The van der Waals surface area contributed by atoms with Gasteiger partial charge in [-0.2, -0.15) is 8.42 Å². The second kappa shape index (κ2) is 6.69. The van der Waals surface area contributed by atoms with Gasteiger partial charge in [-0.1, -0.05) is 54.6 Å². The first kappa shape index (κ1) is 16.0. The number of aryl methyl sites for hydroxylation is 2. The van der Waals surface area contributed by atoms with Crippen LogP contribution in [0.15, 0.2) is 48.5 Å².